The minimum Gasteiger partial charge on any atom is -0.345 e. The molecule has 4 rings (SSSR count). The van der Waals surface area contributed by atoms with Gasteiger partial charge in [0.1, 0.15) is 0 Å². The number of nitrogens with zero attached hydrogens (tertiary/aromatic N) is 5. The maximum atomic E-state index is 12.7. The van der Waals surface area contributed by atoms with Gasteiger partial charge >= 0.3 is 0 Å². The topological polar surface area (TPSA) is 121 Å². The highest BCUT2D eigenvalue weighted by Gasteiger charge is 2.48. The lowest BCUT2D eigenvalue weighted by molar-refractivity contribution is 0.0820. The fraction of sp³-hybridized carbons (Fsp3) is 0.348. The van der Waals surface area contributed by atoms with Crippen LogP contribution in [0, 0.1) is 0 Å². The molecule has 1 aliphatic carbocycles. The van der Waals surface area contributed by atoms with E-state index in [9.17, 15) is 9.59 Å². The molecule has 32 heavy (non-hydrogen) atoms. The number of rotatable bonds is 5. The van der Waals surface area contributed by atoms with E-state index < -0.39 is 5.41 Å². The summed E-state index contributed by atoms with van der Waals surface area (Å²) in [5.74, 6) is 0.312. The predicted octanol–water partition coefficient (Wildman–Crippen LogP) is 1.66. The first-order valence-corrected chi connectivity index (χ1v) is 10.4. The third-order valence-corrected chi connectivity index (χ3v) is 5.91. The maximum absolute atomic E-state index is 12.7. The largest absolute Gasteiger partial charge is 0.345 e. The highest BCUT2D eigenvalue weighted by molar-refractivity contribution is 5.99. The SMILES string of the molecule is C[C@H](N)CC1(c2nn[nH]n2)c2ccc(C(=O)N(C)C)cc2-c2cc(C(=O)N(C)C)ccc21. The van der Waals surface area contributed by atoms with Crippen LogP contribution >= 0.6 is 0 Å². The molecular weight excluding hydrogens is 406 g/mol. The summed E-state index contributed by atoms with van der Waals surface area (Å²) < 4.78 is 0. The van der Waals surface area contributed by atoms with Crippen LogP contribution in [0.5, 0.6) is 0 Å². The molecule has 1 aromatic heterocycles. The Hall–Kier alpha value is -3.59. The van der Waals surface area contributed by atoms with Crippen molar-refractivity contribution in [2.24, 2.45) is 5.73 Å². The number of tetrazole rings is 1. The predicted molar refractivity (Wildman–Crippen MR) is 120 cm³/mol. The second-order valence-corrected chi connectivity index (χ2v) is 8.74. The number of benzene rings is 2. The standard InChI is InChI=1S/C23H27N7O2/c1-13(24)12-23(22-25-27-28-26-22)18-8-6-14(20(31)29(2)3)10-16(18)17-11-15(7-9-19(17)23)21(32)30(4)5/h6-11,13H,12,24H2,1-5H3,(H,25,26,27,28)/t13-/m0/s1. The third kappa shape index (κ3) is 3.25. The van der Waals surface area contributed by atoms with Gasteiger partial charge in [-0.25, -0.2) is 0 Å². The Bertz CT molecular complexity index is 1110. The fourth-order valence-electron chi connectivity index (χ4n) is 4.58. The Kier molecular flexibility index (Phi) is 5.29. The number of nitrogens with two attached hydrogens (primary N) is 1. The van der Waals surface area contributed by atoms with Gasteiger partial charge in [-0.1, -0.05) is 17.3 Å². The van der Waals surface area contributed by atoms with Crippen molar-refractivity contribution in [3.8, 4) is 11.1 Å². The van der Waals surface area contributed by atoms with Crippen molar-refractivity contribution in [1.82, 2.24) is 30.4 Å². The Morgan fingerprint density at radius 2 is 1.47 bits per heavy atom. The van der Waals surface area contributed by atoms with Gasteiger partial charge in [-0.2, -0.15) is 5.21 Å². The Labute approximate surface area is 186 Å². The molecule has 0 fully saturated rings. The van der Waals surface area contributed by atoms with Gasteiger partial charge in [-0.15, -0.1) is 10.2 Å². The molecule has 0 bridgehead atoms. The van der Waals surface area contributed by atoms with E-state index in [2.05, 4.69) is 20.6 Å². The number of fused-ring (bicyclic) bond motifs is 3. The molecule has 0 radical (unpaired) electrons. The number of hydrogen-bond donors (Lipinski definition) is 2. The van der Waals surface area contributed by atoms with Crippen LogP contribution in [0.25, 0.3) is 11.1 Å². The molecule has 1 heterocycles. The lowest BCUT2D eigenvalue weighted by Crippen LogP contribution is -2.35. The van der Waals surface area contributed by atoms with Gasteiger partial charge in [0.05, 0.1) is 5.41 Å². The summed E-state index contributed by atoms with van der Waals surface area (Å²) in [6.45, 7) is 1.94. The average molecular weight is 434 g/mol. The van der Waals surface area contributed by atoms with Crippen LogP contribution in [-0.2, 0) is 5.41 Å². The molecule has 0 saturated carbocycles. The zero-order valence-corrected chi connectivity index (χ0v) is 18.9. The first kappa shape index (κ1) is 21.6. The quantitative estimate of drug-likeness (QED) is 0.631. The normalized spacial score (nSPS) is 14.4. The first-order valence-electron chi connectivity index (χ1n) is 10.4. The minimum atomic E-state index is -0.745. The number of nitrogens with one attached hydrogen (secondary N) is 1. The zero-order chi connectivity index (χ0) is 23.2. The summed E-state index contributed by atoms with van der Waals surface area (Å²) in [6.07, 6.45) is 0.536. The molecule has 9 heteroatoms. The lowest BCUT2D eigenvalue weighted by atomic mass is 9.73. The van der Waals surface area contributed by atoms with Crippen molar-refractivity contribution in [1.29, 1.82) is 0 Å². The van der Waals surface area contributed by atoms with Crippen LogP contribution in [0.3, 0.4) is 0 Å². The number of amides is 2. The Morgan fingerprint density at radius 3 is 1.84 bits per heavy atom. The number of hydrogen-bond acceptors (Lipinski definition) is 6. The molecule has 166 valence electrons. The summed E-state index contributed by atoms with van der Waals surface area (Å²) in [7, 11) is 6.88. The van der Waals surface area contributed by atoms with E-state index in [0.29, 0.717) is 23.4 Å². The molecule has 1 atom stereocenters. The van der Waals surface area contributed by atoms with E-state index in [1.54, 1.807) is 28.2 Å². The van der Waals surface area contributed by atoms with E-state index in [4.69, 9.17) is 5.73 Å². The van der Waals surface area contributed by atoms with Gasteiger partial charge in [0.15, 0.2) is 5.82 Å². The van der Waals surface area contributed by atoms with Crippen molar-refractivity contribution in [3.05, 3.63) is 64.5 Å². The van der Waals surface area contributed by atoms with E-state index in [1.807, 2.05) is 43.3 Å². The first-order chi connectivity index (χ1) is 15.2. The molecular formula is C23H27N7O2. The second-order valence-electron chi connectivity index (χ2n) is 8.74. The van der Waals surface area contributed by atoms with Gasteiger partial charge in [-0.3, -0.25) is 9.59 Å². The average Bonchev–Trinajstić information content (AvgIpc) is 3.38. The molecule has 0 spiro atoms. The number of carbonyl (C=O) groups is 2. The van der Waals surface area contributed by atoms with Crippen LogP contribution in [0.2, 0.25) is 0 Å². The summed E-state index contributed by atoms with van der Waals surface area (Å²) >= 11 is 0. The van der Waals surface area contributed by atoms with Crippen LogP contribution in [0.1, 0.15) is 51.0 Å². The Morgan fingerprint density at radius 1 is 0.969 bits per heavy atom. The summed E-state index contributed by atoms with van der Waals surface area (Å²) in [6, 6.07) is 11.1. The molecule has 0 aliphatic heterocycles. The van der Waals surface area contributed by atoms with Crippen molar-refractivity contribution < 1.29 is 9.59 Å². The van der Waals surface area contributed by atoms with Gasteiger partial charge in [0, 0.05) is 45.4 Å². The smallest absolute Gasteiger partial charge is 0.253 e. The Balaban J connectivity index is 2.04. The number of aromatic amines is 1. The zero-order valence-electron chi connectivity index (χ0n) is 18.9. The van der Waals surface area contributed by atoms with E-state index in [-0.39, 0.29) is 17.9 Å². The minimum absolute atomic E-state index is 0.0980. The summed E-state index contributed by atoms with van der Waals surface area (Å²) in [5.41, 5.74) is 10.3. The van der Waals surface area contributed by atoms with Crippen LogP contribution in [0.15, 0.2) is 36.4 Å². The van der Waals surface area contributed by atoms with Crippen LogP contribution in [0.4, 0.5) is 0 Å². The van der Waals surface area contributed by atoms with Crippen LogP contribution < -0.4 is 5.73 Å². The fourth-order valence-corrected chi connectivity index (χ4v) is 4.58. The summed E-state index contributed by atoms with van der Waals surface area (Å²) in [4.78, 5) is 28.5. The molecule has 2 amide bonds. The molecule has 0 saturated heterocycles. The lowest BCUT2D eigenvalue weighted by Gasteiger charge is -2.30. The number of H-pyrrole nitrogens is 1. The number of aromatic nitrogens is 4. The summed E-state index contributed by atoms with van der Waals surface area (Å²) in [5, 5.41) is 15.0. The molecule has 1 aliphatic rings. The molecule has 3 N–H and O–H groups in total. The van der Waals surface area contributed by atoms with Crippen molar-refractivity contribution in [3.63, 3.8) is 0 Å². The third-order valence-electron chi connectivity index (χ3n) is 5.91. The van der Waals surface area contributed by atoms with E-state index >= 15 is 0 Å². The molecule has 2 aromatic carbocycles. The van der Waals surface area contributed by atoms with Crippen molar-refractivity contribution in [2.45, 2.75) is 24.8 Å². The number of carbonyl (C=O) groups excluding carboxylic acids is 2. The molecule has 3 aromatic rings. The highest BCUT2D eigenvalue weighted by atomic mass is 16.2. The maximum Gasteiger partial charge on any atom is 0.253 e. The van der Waals surface area contributed by atoms with Gasteiger partial charge < -0.3 is 15.5 Å². The van der Waals surface area contributed by atoms with E-state index in [1.165, 1.54) is 9.80 Å². The monoisotopic (exact) mass is 433 g/mol. The van der Waals surface area contributed by atoms with Crippen LogP contribution in [-0.4, -0.2) is 76.5 Å². The highest BCUT2D eigenvalue weighted by Crippen LogP contribution is 2.54. The van der Waals surface area contributed by atoms with Gasteiger partial charge in [0.2, 0.25) is 0 Å². The van der Waals surface area contributed by atoms with Gasteiger partial charge in [0.25, 0.3) is 11.8 Å². The van der Waals surface area contributed by atoms with E-state index in [0.717, 1.165) is 22.3 Å². The van der Waals surface area contributed by atoms with Gasteiger partial charge in [-0.05, 0) is 59.9 Å². The molecule has 9 nitrogen and oxygen atoms in total. The van der Waals surface area contributed by atoms with Crippen molar-refractivity contribution in [2.75, 3.05) is 28.2 Å². The second kappa shape index (κ2) is 7.83. The molecule has 0 unspecified atom stereocenters. The van der Waals surface area contributed by atoms with Crippen molar-refractivity contribution >= 4 is 11.8 Å².